The van der Waals surface area contributed by atoms with Gasteiger partial charge in [0.15, 0.2) is 0 Å². The lowest BCUT2D eigenvalue weighted by atomic mass is 10.1. The normalized spacial score (nSPS) is 10.3. The lowest BCUT2D eigenvalue weighted by molar-refractivity contribution is 0.0690. The van der Waals surface area contributed by atoms with Crippen molar-refractivity contribution in [1.29, 1.82) is 0 Å². The number of H-pyrrole nitrogens is 1. The van der Waals surface area contributed by atoms with Gasteiger partial charge in [-0.3, -0.25) is 5.10 Å². The minimum absolute atomic E-state index is 0.0370. The van der Waals surface area contributed by atoms with E-state index in [9.17, 15) is 4.79 Å². The molecule has 94 valence electrons. The van der Waals surface area contributed by atoms with E-state index in [2.05, 4.69) is 10.2 Å². The maximum Gasteiger partial charge on any atom is 0.353 e. The SMILES string of the molecule is CCOc1ccc(-c2cc(C(=O)O)[nH]n2)cc1Cl. The molecule has 0 aliphatic carbocycles. The summed E-state index contributed by atoms with van der Waals surface area (Å²) in [4.78, 5) is 10.7. The van der Waals surface area contributed by atoms with Crippen LogP contribution in [0.25, 0.3) is 11.3 Å². The van der Waals surface area contributed by atoms with Gasteiger partial charge in [0.1, 0.15) is 11.4 Å². The van der Waals surface area contributed by atoms with Gasteiger partial charge in [0.05, 0.1) is 17.3 Å². The number of carbonyl (C=O) groups is 1. The van der Waals surface area contributed by atoms with E-state index in [0.717, 1.165) is 5.56 Å². The van der Waals surface area contributed by atoms with Crippen molar-refractivity contribution in [2.24, 2.45) is 0 Å². The Kier molecular flexibility index (Phi) is 3.53. The fraction of sp³-hybridized carbons (Fsp3) is 0.167. The van der Waals surface area contributed by atoms with E-state index < -0.39 is 5.97 Å². The molecule has 18 heavy (non-hydrogen) atoms. The fourth-order valence-corrected chi connectivity index (χ4v) is 1.75. The molecule has 1 aromatic heterocycles. The molecule has 1 aromatic carbocycles. The molecular weight excluding hydrogens is 256 g/mol. The number of hydrogen-bond acceptors (Lipinski definition) is 3. The molecule has 0 spiro atoms. The Balaban J connectivity index is 2.33. The number of benzene rings is 1. The Hall–Kier alpha value is -2.01. The molecule has 0 unspecified atom stereocenters. The summed E-state index contributed by atoms with van der Waals surface area (Å²) < 4.78 is 5.32. The molecule has 0 aliphatic heterocycles. The average Bonchev–Trinajstić information content (AvgIpc) is 2.81. The Morgan fingerprint density at radius 3 is 2.83 bits per heavy atom. The molecule has 2 rings (SSSR count). The molecule has 2 N–H and O–H groups in total. The highest BCUT2D eigenvalue weighted by atomic mass is 35.5. The van der Waals surface area contributed by atoms with Gasteiger partial charge in [-0.25, -0.2) is 4.79 Å². The van der Waals surface area contributed by atoms with Crippen LogP contribution in [0.5, 0.6) is 5.75 Å². The zero-order valence-corrected chi connectivity index (χ0v) is 10.4. The first-order valence-corrected chi connectivity index (χ1v) is 5.71. The van der Waals surface area contributed by atoms with Gasteiger partial charge < -0.3 is 9.84 Å². The third-order valence-corrected chi connectivity index (χ3v) is 2.63. The van der Waals surface area contributed by atoms with Crippen molar-refractivity contribution in [3.05, 3.63) is 35.0 Å². The zero-order valence-electron chi connectivity index (χ0n) is 9.61. The monoisotopic (exact) mass is 266 g/mol. The lowest BCUT2D eigenvalue weighted by Crippen LogP contribution is -1.95. The molecule has 0 radical (unpaired) electrons. The number of hydrogen-bond donors (Lipinski definition) is 2. The topological polar surface area (TPSA) is 75.2 Å². The quantitative estimate of drug-likeness (QED) is 0.892. The number of ether oxygens (including phenoxy) is 1. The minimum atomic E-state index is -1.05. The Bertz CT molecular complexity index is 580. The number of rotatable bonds is 4. The molecule has 0 aliphatic rings. The number of aromatic carboxylic acids is 1. The van der Waals surface area contributed by atoms with E-state index >= 15 is 0 Å². The zero-order chi connectivity index (χ0) is 13.1. The van der Waals surface area contributed by atoms with E-state index in [4.69, 9.17) is 21.4 Å². The lowest BCUT2D eigenvalue weighted by Gasteiger charge is -2.06. The molecule has 0 fully saturated rings. The predicted octanol–water partition coefficient (Wildman–Crippen LogP) is 2.83. The molecule has 1 heterocycles. The highest BCUT2D eigenvalue weighted by Crippen LogP contribution is 2.29. The smallest absolute Gasteiger partial charge is 0.353 e. The Morgan fingerprint density at radius 2 is 2.28 bits per heavy atom. The van der Waals surface area contributed by atoms with Gasteiger partial charge in [-0.05, 0) is 31.2 Å². The van der Waals surface area contributed by atoms with E-state index in [1.165, 1.54) is 6.07 Å². The van der Waals surface area contributed by atoms with Gasteiger partial charge in [0, 0.05) is 5.56 Å². The number of aromatic amines is 1. The summed E-state index contributed by atoms with van der Waals surface area (Å²) in [5, 5.41) is 15.6. The summed E-state index contributed by atoms with van der Waals surface area (Å²) in [6, 6.07) is 6.65. The summed E-state index contributed by atoms with van der Waals surface area (Å²) in [5.74, 6) is -0.456. The van der Waals surface area contributed by atoms with Crippen LogP contribution in [0.15, 0.2) is 24.3 Å². The first-order valence-electron chi connectivity index (χ1n) is 5.33. The van der Waals surface area contributed by atoms with Crippen molar-refractivity contribution >= 4 is 17.6 Å². The van der Waals surface area contributed by atoms with Gasteiger partial charge in [0.25, 0.3) is 0 Å². The third kappa shape index (κ3) is 2.46. The summed E-state index contributed by atoms with van der Waals surface area (Å²) in [7, 11) is 0. The van der Waals surface area contributed by atoms with E-state index in [-0.39, 0.29) is 5.69 Å². The molecule has 0 saturated carbocycles. The predicted molar refractivity (Wildman–Crippen MR) is 67.2 cm³/mol. The van der Waals surface area contributed by atoms with Crippen LogP contribution in [-0.4, -0.2) is 27.9 Å². The molecule has 0 amide bonds. The highest BCUT2D eigenvalue weighted by Gasteiger charge is 2.10. The number of carboxylic acid groups (broad SMARTS) is 1. The second-order valence-corrected chi connectivity index (χ2v) is 3.96. The molecule has 2 aromatic rings. The van der Waals surface area contributed by atoms with E-state index in [1.54, 1.807) is 18.2 Å². The number of nitrogens with zero attached hydrogens (tertiary/aromatic N) is 1. The maximum absolute atomic E-state index is 10.7. The number of halogens is 1. The molecule has 0 saturated heterocycles. The second kappa shape index (κ2) is 5.10. The molecule has 0 bridgehead atoms. The van der Waals surface area contributed by atoms with Crippen LogP contribution in [0, 0.1) is 0 Å². The van der Waals surface area contributed by atoms with Crippen molar-refractivity contribution < 1.29 is 14.6 Å². The van der Waals surface area contributed by atoms with Crippen molar-refractivity contribution in [2.45, 2.75) is 6.92 Å². The summed E-state index contributed by atoms with van der Waals surface area (Å²) >= 11 is 6.05. The first-order chi connectivity index (χ1) is 8.61. The van der Waals surface area contributed by atoms with Crippen LogP contribution in [0.4, 0.5) is 0 Å². The number of aromatic nitrogens is 2. The van der Waals surface area contributed by atoms with Gasteiger partial charge in [-0.1, -0.05) is 11.6 Å². The van der Waals surface area contributed by atoms with Crippen LogP contribution in [0.1, 0.15) is 17.4 Å². The van der Waals surface area contributed by atoms with Crippen LogP contribution >= 0.6 is 11.6 Å². The average molecular weight is 267 g/mol. The highest BCUT2D eigenvalue weighted by molar-refractivity contribution is 6.32. The number of nitrogens with one attached hydrogen (secondary N) is 1. The standard InChI is InChI=1S/C12H11ClN2O3/c1-2-18-11-4-3-7(5-8(11)13)9-6-10(12(16)17)15-14-9/h3-6H,2H2,1H3,(H,14,15)(H,16,17). The van der Waals surface area contributed by atoms with Crippen molar-refractivity contribution in [2.75, 3.05) is 6.61 Å². The fourth-order valence-electron chi connectivity index (χ4n) is 1.51. The molecular formula is C12H11ClN2O3. The van der Waals surface area contributed by atoms with Crippen molar-refractivity contribution in [3.63, 3.8) is 0 Å². The number of carboxylic acids is 1. The Morgan fingerprint density at radius 1 is 1.50 bits per heavy atom. The van der Waals surface area contributed by atoms with Gasteiger partial charge in [0.2, 0.25) is 0 Å². The van der Waals surface area contributed by atoms with Crippen LogP contribution in [-0.2, 0) is 0 Å². The van der Waals surface area contributed by atoms with Crippen LogP contribution < -0.4 is 4.74 Å². The van der Waals surface area contributed by atoms with Crippen LogP contribution in [0.3, 0.4) is 0 Å². The van der Waals surface area contributed by atoms with E-state index in [1.807, 2.05) is 6.92 Å². The van der Waals surface area contributed by atoms with Gasteiger partial charge in [-0.2, -0.15) is 5.10 Å². The minimum Gasteiger partial charge on any atom is -0.492 e. The molecule has 6 heteroatoms. The summed E-state index contributed by atoms with van der Waals surface area (Å²) in [5.41, 5.74) is 1.29. The largest absolute Gasteiger partial charge is 0.492 e. The van der Waals surface area contributed by atoms with Crippen molar-refractivity contribution in [3.8, 4) is 17.0 Å². The summed E-state index contributed by atoms with van der Waals surface area (Å²) in [6.07, 6.45) is 0. The van der Waals surface area contributed by atoms with Gasteiger partial charge in [-0.15, -0.1) is 0 Å². The Labute approximate surface area is 108 Å². The van der Waals surface area contributed by atoms with Crippen molar-refractivity contribution in [1.82, 2.24) is 10.2 Å². The van der Waals surface area contributed by atoms with Gasteiger partial charge >= 0.3 is 5.97 Å². The molecule has 0 atom stereocenters. The maximum atomic E-state index is 10.7. The third-order valence-electron chi connectivity index (χ3n) is 2.34. The molecule has 5 nitrogen and oxygen atoms in total. The second-order valence-electron chi connectivity index (χ2n) is 3.55. The van der Waals surface area contributed by atoms with Crippen LogP contribution in [0.2, 0.25) is 5.02 Å². The first kappa shape index (κ1) is 12.4. The van der Waals surface area contributed by atoms with E-state index in [0.29, 0.717) is 23.1 Å². The summed E-state index contributed by atoms with van der Waals surface area (Å²) in [6.45, 7) is 2.40.